The summed E-state index contributed by atoms with van der Waals surface area (Å²) < 4.78 is 6.94. The maximum atomic E-state index is 9.02. The normalized spacial score (nSPS) is 15.8. The number of aliphatic hydroxyl groups is 1. The van der Waals surface area contributed by atoms with E-state index < -0.39 is 6.29 Å². The number of hydrogen-bond donors (Lipinski definition) is 1. The van der Waals surface area contributed by atoms with Gasteiger partial charge in [-0.1, -0.05) is 0 Å². The van der Waals surface area contributed by atoms with Crippen molar-refractivity contribution >= 4 is 0 Å². The van der Waals surface area contributed by atoms with Gasteiger partial charge < -0.3 is 9.84 Å². The molecule has 0 saturated heterocycles. The van der Waals surface area contributed by atoms with E-state index in [0.29, 0.717) is 0 Å². The molecule has 0 aliphatic rings. The summed E-state index contributed by atoms with van der Waals surface area (Å²) >= 11 is 0. The fourth-order valence-electron chi connectivity index (χ4n) is 1.36. The van der Waals surface area contributed by atoms with Crippen LogP contribution in [-0.4, -0.2) is 21.2 Å². The lowest BCUT2D eigenvalue weighted by Crippen LogP contribution is -2.17. The Kier molecular flexibility index (Phi) is 3.06. The van der Waals surface area contributed by atoms with Crippen molar-refractivity contribution in [2.45, 2.75) is 40.2 Å². The fourth-order valence-corrected chi connectivity index (χ4v) is 1.36. The molecule has 0 saturated carbocycles. The molecular weight excluding hydrogens is 168 g/mol. The smallest absolute Gasteiger partial charge is 0.154 e. The number of nitrogens with zero attached hydrogens (tertiary/aromatic N) is 2. The average molecular weight is 184 g/mol. The second kappa shape index (κ2) is 3.89. The highest BCUT2D eigenvalue weighted by molar-refractivity contribution is 5.06. The number of aliphatic hydroxyl groups excluding tert-OH is 1. The van der Waals surface area contributed by atoms with Crippen LogP contribution in [0.4, 0.5) is 0 Å². The van der Waals surface area contributed by atoms with E-state index in [2.05, 4.69) is 5.10 Å². The van der Waals surface area contributed by atoms with E-state index in [4.69, 9.17) is 9.84 Å². The van der Waals surface area contributed by atoms with Crippen molar-refractivity contribution < 1.29 is 9.84 Å². The van der Waals surface area contributed by atoms with Crippen LogP contribution in [0.2, 0.25) is 0 Å². The van der Waals surface area contributed by atoms with E-state index in [1.807, 2.05) is 26.8 Å². The molecule has 0 aromatic carbocycles. The first-order chi connectivity index (χ1) is 6.00. The lowest BCUT2D eigenvalue weighted by atomic mass is 10.4. The SMILES string of the molecule is Cc1cc(C)n(C(C)OC(C)O)n1. The van der Waals surface area contributed by atoms with E-state index in [0.717, 1.165) is 11.4 Å². The first-order valence-corrected chi connectivity index (χ1v) is 4.37. The van der Waals surface area contributed by atoms with Gasteiger partial charge in [0, 0.05) is 5.69 Å². The standard InChI is InChI=1S/C9H16N2O2/c1-6-5-7(2)11(10-6)8(3)13-9(4)12/h5,8-9,12H,1-4H3. The van der Waals surface area contributed by atoms with E-state index >= 15 is 0 Å². The topological polar surface area (TPSA) is 47.3 Å². The van der Waals surface area contributed by atoms with Crippen LogP contribution in [0.3, 0.4) is 0 Å². The lowest BCUT2D eigenvalue weighted by molar-refractivity contribution is -0.147. The summed E-state index contributed by atoms with van der Waals surface area (Å²) in [4.78, 5) is 0. The highest BCUT2D eigenvalue weighted by atomic mass is 16.6. The van der Waals surface area contributed by atoms with Crippen molar-refractivity contribution in [3.05, 3.63) is 17.5 Å². The Morgan fingerprint density at radius 3 is 2.46 bits per heavy atom. The van der Waals surface area contributed by atoms with Crippen LogP contribution in [0.5, 0.6) is 0 Å². The molecule has 2 unspecified atom stereocenters. The Hall–Kier alpha value is -0.870. The van der Waals surface area contributed by atoms with Crippen LogP contribution in [0.25, 0.3) is 0 Å². The van der Waals surface area contributed by atoms with Gasteiger partial charge in [-0.2, -0.15) is 5.10 Å². The molecule has 0 radical (unpaired) electrons. The van der Waals surface area contributed by atoms with Gasteiger partial charge >= 0.3 is 0 Å². The molecule has 0 spiro atoms. The fraction of sp³-hybridized carbons (Fsp3) is 0.667. The summed E-state index contributed by atoms with van der Waals surface area (Å²) in [6, 6.07) is 1.97. The molecule has 13 heavy (non-hydrogen) atoms. The molecule has 0 fully saturated rings. The van der Waals surface area contributed by atoms with Crippen LogP contribution in [0.15, 0.2) is 6.07 Å². The van der Waals surface area contributed by atoms with Gasteiger partial charge in [-0.3, -0.25) is 0 Å². The molecule has 1 heterocycles. The number of aryl methyl sites for hydroxylation is 2. The van der Waals surface area contributed by atoms with Crippen molar-refractivity contribution in [3.63, 3.8) is 0 Å². The molecule has 0 aliphatic heterocycles. The molecule has 1 aromatic rings. The zero-order valence-corrected chi connectivity index (χ0v) is 8.48. The Morgan fingerprint density at radius 2 is 2.08 bits per heavy atom. The molecule has 74 valence electrons. The van der Waals surface area contributed by atoms with Gasteiger partial charge in [0.2, 0.25) is 0 Å². The van der Waals surface area contributed by atoms with Crippen LogP contribution in [-0.2, 0) is 4.74 Å². The summed E-state index contributed by atoms with van der Waals surface area (Å²) in [5.74, 6) is 0. The van der Waals surface area contributed by atoms with Crippen molar-refractivity contribution in [1.82, 2.24) is 9.78 Å². The molecule has 0 aliphatic carbocycles. The van der Waals surface area contributed by atoms with Crippen molar-refractivity contribution in [2.75, 3.05) is 0 Å². The number of ether oxygens (including phenoxy) is 1. The minimum absolute atomic E-state index is 0.228. The first-order valence-electron chi connectivity index (χ1n) is 4.37. The van der Waals surface area contributed by atoms with Crippen LogP contribution in [0, 0.1) is 13.8 Å². The minimum atomic E-state index is -0.765. The zero-order valence-electron chi connectivity index (χ0n) is 8.48. The molecule has 1 aromatic heterocycles. The third-order valence-electron chi connectivity index (χ3n) is 1.78. The molecule has 4 heteroatoms. The van der Waals surface area contributed by atoms with Crippen LogP contribution >= 0.6 is 0 Å². The van der Waals surface area contributed by atoms with Gasteiger partial charge in [0.25, 0.3) is 0 Å². The first kappa shape index (κ1) is 10.2. The second-order valence-electron chi connectivity index (χ2n) is 3.21. The third kappa shape index (κ3) is 2.54. The summed E-state index contributed by atoms with van der Waals surface area (Å²) in [6.45, 7) is 7.33. The van der Waals surface area contributed by atoms with E-state index in [-0.39, 0.29) is 6.23 Å². The molecular formula is C9H16N2O2. The van der Waals surface area contributed by atoms with Gasteiger partial charge in [-0.05, 0) is 33.8 Å². The molecule has 0 amide bonds. The zero-order chi connectivity index (χ0) is 10.0. The molecule has 4 nitrogen and oxygen atoms in total. The summed E-state index contributed by atoms with van der Waals surface area (Å²) in [5.41, 5.74) is 1.99. The Morgan fingerprint density at radius 1 is 1.46 bits per heavy atom. The van der Waals surface area contributed by atoms with Gasteiger partial charge in [-0.15, -0.1) is 0 Å². The van der Waals surface area contributed by atoms with Crippen molar-refractivity contribution in [1.29, 1.82) is 0 Å². The van der Waals surface area contributed by atoms with E-state index in [1.165, 1.54) is 0 Å². The highest BCUT2D eigenvalue weighted by Gasteiger charge is 2.11. The van der Waals surface area contributed by atoms with Gasteiger partial charge in [-0.25, -0.2) is 4.68 Å². The Balaban J connectivity index is 2.76. The second-order valence-corrected chi connectivity index (χ2v) is 3.21. The Bertz CT molecular complexity index is 281. The van der Waals surface area contributed by atoms with E-state index in [9.17, 15) is 0 Å². The molecule has 2 atom stereocenters. The predicted octanol–water partition coefficient (Wildman–Crippen LogP) is 1.37. The number of aromatic nitrogens is 2. The lowest BCUT2D eigenvalue weighted by Gasteiger charge is -2.16. The predicted molar refractivity (Wildman–Crippen MR) is 49.2 cm³/mol. The van der Waals surface area contributed by atoms with Crippen LogP contribution < -0.4 is 0 Å². The maximum absolute atomic E-state index is 9.02. The quantitative estimate of drug-likeness (QED) is 0.722. The van der Waals surface area contributed by atoms with Crippen LogP contribution in [0.1, 0.15) is 31.5 Å². The average Bonchev–Trinajstić information content (AvgIpc) is 2.28. The summed E-state index contributed by atoms with van der Waals surface area (Å²) in [7, 11) is 0. The summed E-state index contributed by atoms with van der Waals surface area (Å²) in [6.07, 6.45) is -0.993. The van der Waals surface area contributed by atoms with Crippen molar-refractivity contribution in [2.24, 2.45) is 0 Å². The molecule has 0 bridgehead atoms. The van der Waals surface area contributed by atoms with Gasteiger partial charge in [0.15, 0.2) is 12.5 Å². The summed E-state index contributed by atoms with van der Waals surface area (Å²) in [5, 5.41) is 13.3. The third-order valence-corrected chi connectivity index (χ3v) is 1.78. The maximum Gasteiger partial charge on any atom is 0.154 e. The Labute approximate surface area is 78.1 Å². The number of hydrogen-bond acceptors (Lipinski definition) is 3. The minimum Gasteiger partial charge on any atom is -0.368 e. The molecule has 1 N–H and O–H groups in total. The van der Waals surface area contributed by atoms with Gasteiger partial charge in [0.1, 0.15) is 0 Å². The van der Waals surface area contributed by atoms with E-state index in [1.54, 1.807) is 11.6 Å². The molecule has 1 rings (SSSR count). The number of rotatable bonds is 3. The van der Waals surface area contributed by atoms with Crippen molar-refractivity contribution in [3.8, 4) is 0 Å². The van der Waals surface area contributed by atoms with Gasteiger partial charge in [0.05, 0.1) is 5.69 Å². The highest BCUT2D eigenvalue weighted by Crippen LogP contribution is 2.12. The largest absolute Gasteiger partial charge is 0.368 e. The monoisotopic (exact) mass is 184 g/mol.